The highest BCUT2D eigenvalue weighted by molar-refractivity contribution is 6.05. The normalized spacial score (nSPS) is 17.7. The van der Waals surface area contributed by atoms with Gasteiger partial charge >= 0.3 is 0 Å². The number of nitrogens with one attached hydrogen (secondary N) is 1. The molecule has 0 aliphatic carbocycles. The quantitative estimate of drug-likeness (QED) is 0.344. The van der Waals surface area contributed by atoms with Gasteiger partial charge < -0.3 is 39.5 Å². The number of aliphatic hydroxyl groups excluding tert-OH is 1. The molecule has 4 aromatic rings. The van der Waals surface area contributed by atoms with Crippen LogP contribution in [-0.4, -0.2) is 76.4 Å². The maximum Gasteiger partial charge on any atom is 0.300 e. The van der Waals surface area contributed by atoms with Crippen LogP contribution in [0.1, 0.15) is 16.9 Å². The maximum absolute atomic E-state index is 13.1. The molecule has 0 spiro atoms. The number of aliphatic hydroxyl groups is 1. The average Bonchev–Trinajstić information content (AvgIpc) is 3.63. The third-order valence-electron chi connectivity index (χ3n) is 6.07. The van der Waals surface area contributed by atoms with E-state index >= 15 is 0 Å². The van der Waals surface area contributed by atoms with E-state index in [9.17, 15) is 9.90 Å². The zero-order chi connectivity index (χ0) is 24.6. The monoisotopic (exact) mass is 528 g/mol. The summed E-state index contributed by atoms with van der Waals surface area (Å²) in [5.41, 5.74) is 7.48. The third-order valence-corrected chi connectivity index (χ3v) is 6.07. The summed E-state index contributed by atoms with van der Waals surface area (Å²) in [6.45, 7) is 3.50. The number of pyridine rings is 2. The number of halogens is 1. The molecule has 0 radical (unpaired) electrons. The average molecular weight is 529 g/mol. The first kappa shape index (κ1) is 24.7. The molecule has 0 aromatic carbocycles. The van der Waals surface area contributed by atoms with Crippen molar-refractivity contribution < 1.29 is 23.5 Å². The molecule has 2 fully saturated rings. The van der Waals surface area contributed by atoms with Crippen LogP contribution in [0.2, 0.25) is 0 Å². The van der Waals surface area contributed by atoms with Crippen molar-refractivity contribution in [1.82, 2.24) is 19.9 Å². The molecule has 1 amide bonds. The van der Waals surface area contributed by atoms with Gasteiger partial charge in [-0.2, -0.15) is 4.98 Å². The highest BCUT2D eigenvalue weighted by Crippen LogP contribution is 2.33. The standard InChI is InChI=1S/C23H24N8O5.ClH/c24-18-3-1-2-14(25-18)22-27-16(12-35-22)21(33)26-15-10-17-19(28-20(15)31-5-4-13(32)11-31)29-23(36-17)30-6-8-34-9-7-30;/h1-3,10,12-13,32H,4-9,11H2,(H2,24,25)(H,26,33);1H/t13-;/m1./s1. The molecule has 0 unspecified atom stereocenters. The molecule has 6 heterocycles. The van der Waals surface area contributed by atoms with Gasteiger partial charge in [-0.25, -0.2) is 15.0 Å². The molecule has 6 rings (SSSR count). The van der Waals surface area contributed by atoms with Crippen LogP contribution in [0.5, 0.6) is 0 Å². The van der Waals surface area contributed by atoms with Crippen molar-refractivity contribution in [3.05, 3.63) is 36.2 Å². The summed E-state index contributed by atoms with van der Waals surface area (Å²) in [5, 5.41) is 12.9. The molecular formula is C23H25ClN8O5. The van der Waals surface area contributed by atoms with Gasteiger partial charge in [0.2, 0.25) is 11.5 Å². The topological polar surface area (TPSA) is 169 Å². The van der Waals surface area contributed by atoms with Crippen molar-refractivity contribution in [1.29, 1.82) is 0 Å². The van der Waals surface area contributed by atoms with E-state index in [-0.39, 0.29) is 24.0 Å². The van der Waals surface area contributed by atoms with Crippen molar-refractivity contribution in [2.24, 2.45) is 0 Å². The van der Waals surface area contributed by atoms with E-state index in [0.29, 0.717) is 86.1 Å². The number of hydrogen-bond donors (Lipinski definition) is 3. The molecule has 2 aliphatic heterocycles. The lowest BCUT2D eigenvalue weighted by atomic mass is 10.3. The molecule has 4 aromatic heterocycles. The number of morpholine rings is 1. The van der Waals surface area contributed by atoms with Crippen molar-refractivity contribution in [2.45, 2.75) is 12.5 Å². The number of β-amino-alcohol motifs (C(OH)–C–C–N with tert-alkyl or cyclic N) is 1. The summed E-state index contributed by atoms with van der Waals surface area (Å²) in [6, 6.07) is 7.20. The molecule has 0 bridgehead atoms. The van der Waals surface area contributed by atoms with Gasteiger partial charge in [-0.05, 0) is 18.6 Å². The number of carbonyl (C=O) groups excluding carboxylic acids is 1. The molecule has 14 heteroatoms. The third kappa shape index (κ3) is 5.01. The van der Waals surface area contributed by atoms with Gasteiger partial charge in [0.1, 0.15) is 17.8 Å². The fraction of sp³-hybridized carbons (Fsp3) is 0.348. The van der Waals surface area contributed by atoms with E-state index in [0.717, 1.165) is 0 Å². The van der Waals surface area contributed by atoms with Crippen LogP contribution >= 0.6 is 12.4 Å². The van der Waals surface area contributed by atoms with Crippen LogP contribution in [-0.2, 0) is 4.74 Å². The van der Waals surface area contributed by atoms with Crippen molar-refractivity contribution in [3.8, 4) is 11.6 Å². The van der Waals surface area contributed by atoms with Crippen LogP contribution in [0.3, 0.4) is 0 Å². The highest BCUT2D eigenvalue weighted by atomic mass is 35.5. The minimum absolute atomic E-state index is 0. The molecule has 1 atom stereocenters. The number of hydrogen-bond acceptors (Lipinski definition) is 12. The lowest BCUT2D eigenvalue weighted by Gasteiger charge is -2.24. The first-order valence-electron chi connectivity index (χ1n) is 11.6. The number of amides is 1. The number of fused-ring (bicyclic) bond motifs is 1. The molecule has 2 aliphatic rings. The van der Waals surface area contributed by atoms with E-state index < -0.39 is 12.0 Å². The van der Waals surface area contributed by atoms with E-state index in [1.54, 1.807) is 24.3 Å². The van der Waals surface area contributed by atoms with Crippen LogP contribution in [0.15, 0.2) is 39.4 Å². The van der Waals surface area contributed by atoms with Crippen LogP contribution in [0, 0.1) is 0 Å². The summed E-state index contributed by atoms with van der Waals surface area (Å²) in [5.74, 6) is 0.491. The van der Waals surface area contributed by atoms with Gasteiger partial charge in [0.25, 0.3) is 11.9 Å². The van der Waals surface area contributed by atoms with Crippen molar-refractivity contribution in [2.75, 3.05) is 60.2 Å². The zero-order valence-corrected chi connectivity index (χ0v) is 20.5. The lowest BCUT2D eigenvalue weighted by molar-refractivity contribution is 0.102. The SMILES string of the molecule is Cl.Nc1cccc(-c2nc(C(=O)Nc3cc4oc(N5CCOCC5)nc4nc3N3CC[C@@H](O)C3)co2)n1. The van der Waals surface area contributed by atoms with E-state index in [2.05, 4.69) is 25.3 Å². The second-order valence-corrected chi connectivity index (χ2v) is 8.61. The van der Waals surface area contributed by atoms with Gasteiger partial charge in [0.15, 0.2) is 17.1 Å². The van der Waals surface area contributed by atoms with E-state index in [1.165, 1.54) is 6.26 Å². The number of aromatic nitrogens is 4. The predicted octanol–water partition coefficient (Wildman–Crippen LogP) is 1.94. The van der Waals surface area contributed by atoms with Crippen molar-refractivity contribution in [3.63, 3.8) is 0 Å². The van der Waals surface area contributed by atoms with Crippen LogP contribution in [0.25, 0.3) is 22.8 Å². The molecule has 0 saturated carbocycles. The Kier molecular flexibility index (Phi) is 6.82. The van der Waals surface area contributed by atoms with Gasteiger partial charge in [-0.3, -0.25) is 4.79 Å². The molecular weight excluding hydrogens is 504 g/mol. The fourth-order valence-corrected chi connectivity index (χ4v) is 4.25. The number of nitrogens with zero attached hydrogens (tertiary/aromatic N) is 6. The Bertz CT molecular complexity index is 1420. The fourth-order valence-electron chi connectivity index (χ4n) is 4.25. The first-order chi connectivity index (χ1) is 17.5. The molecule has 4 N–H and O–H groups in total. The summed E-state index contributed by atoms with van der Waals surface area (Å²) in [6.07, 6.45) is 1.38. The first-order valence-corrected chi connectivity index (χ1v) is 11.6. The van der Waals surface area contributed by atoms with Gasteiger partial charge in [-0.15, -0.1) is 12.4 Å². The number of ether oxygens (including phenoxy) is 1. The van der Waals surface area contributed by atoms with Crippen molar-refractivity contribution >= 4 is 52.9 Å². The summed E-state index contributed by atoms with van der Waals surface area (Å²) >= 11 is 0. The van der Waals surface area contributed by atoms with Gasteiger partial charge in [-0.1, -0.05) is 6.07 Å². The number of nitrogens with two attached hydrogens (primary N) is 1. The molecule has 194 valence electrons. The lowest BCUT2D eigenvalue weighted by Crippen LogP contribution is -2.36. The number of rotatable bonds is 5. The molecule has 2 saturated heterocycles. The molecule has 37 heavy (non-hydrogen) atoms. The van der Waals surface area contributed by atoms with Crippen LogP contribution in [0.4, 0.5) is 23.3 Å². The highest BCUT2D eigenvalue weighted by Gasteiger charge is 2.27. The number of carbonyl (C=O) groups is 1. The van der Waals surface area contributed by atoms with E-state index in [1.807, 2.05) is 9.80 Å². The summed E-state index contributed by atoms with van der Waals surface area (Å²) in [4.78, 5) is 34.7. The van der Waals surface area contributed by atoms with Crippen LogP contribution < -0.4 is 20.9 Å². The second-order valence-electron chi connectivity index (χ2n) is 8.61. The number of oxazole rings is 2. The molecule has 13 nitrogen and oxygen atoms in total. The maximum atomic E-state index is 13.1. The number of nitrogen functional groups attached to an aromatic ring is 1. The van der Waals surface area contributed by atoms with Gasteiger partial charge in [0, 0.05) is 32.2 Å². The van der Waals surface area contributed by atoms with E-state index in [4.69, 9.17) is 19.3 Å². The second kappa shape index (κ2) is 10.2. The van der Waals surface area contributed by atoms with Gasteiger partial charge in [0.05, 0.1) is 25.0 Å². The minimum Gasteiger partial charge on any atom is -0.442 e. The largest absolute Gasteiger partial charge is 0.442 e. The Morgan fingerprint density at radius 3 is 2.70 bits per heavy atom. The number of anilines is 4. The Labute approximate surface area is 217 Å². The summed E-state index contributed by atoms with van der Waals surface area (Å²) < 4.78 is 16.8. The smallest absolute Gasteiger partial charge is 0.300 e. The Hall–Kier alpha value is -3.94. The summed E-state index contributed by atoms with van der Waals surface area (Å²) in [7, 11) is 0. The Morgan fingerprint density at radius 2 is 1.95 bits per heavy atom. The zero-order valence-electron chi connectivity index (χ0n) is 19.7. The Morgan fingerprint density at radius 1 is 1.11 bits per heavy atom. The minimum atomic E-state index is -0.496. The predicted molar refractivity (Wildman–Crippen MR) is 137 cm³/mol. The Balaban J connectivity index is 0.00000280.